The minimum Gasteiger partial charge on any atom is -0.481 e. The normalized spacial score (nSPS) is 16.4. The number of nitrogens with zero attached hydrogens (tertiary/aromatic N) is 3. The van der Waals surface area contributed by atoms with Crippen molar-refractivity contribution in [3.05, 3.63) is 58.1 Å². The molecule has 1 aliphatic rings. The van der Waals surface area contributed by atoms with Crippen molar-refractivity contribution in [1.29, 1.82) is 0 Å². The summed E-state index contributed by atoms with van der Waals surface area (Å²) in [5, 5.41) is 0. The number of ether oxygens (including phenoxy) is 1. The van der Waals surface area contributed by atoms with Crippen LogP contribution in [-0.2, 0) is 13.6 Å². The fourth-order valence-corrected chi connectivity index (χ4v) is 3.21. The second kappa shape index (κ2) is 6.96. The maximum atomic E-state index is 11.8. The van der Waals surface area contributed by atoms with E-state index in [0.717, 1.165) is 38.0 Å². The van der Waals surface area contributed by atoms with E-state index in [9.17, 15) is 4.79 Å². The van der Waals surface area contributed by atoms with E-state index in [0.29, 0.717) is 11.8 Å². The lowest BCUT2D eigenvalue weighted by Crippen LogP contribution is -2.33. The van der Waals surface area contributed by atoms with Crippen LogP contribution in [0.3, 0.4) is 0 Å². The quantitative estimate of drug-likeness (QED) is 0.868. The van der Waals surface area contributed by atoms with Gasteiger partial charge in [0.25, 0.3) is 5.56 Å². The molecule has 0 radical (unpaired) electrons. The zero-order chi connectivity index (χ0) is 16.2. The molecule has 5 heteroatoms. The third-order valence-corrected chi connectivity index (χ3v) is 4.62. The lowest BCUT2D eigenvalue weighted by molar-refractivity contribution is 0.201. The molecule has 122 valence electrons. The standard InChI is InChI=1S/C18H23N3O2/c1-20-9-5-15(12-17(20)22)14-6-10-21(11-7-14)13-16-4-3-8-19-18(16)23-2/h3-5,8-9,12,14H,6-7,10-11,13H2,1-2H3. The lowest BCUT2D eigenvalue weighted by atomic mass is 9.90. The average molecular weight is 313 g/mol. The number of aryl methyl sites for hydroxylation is 1. The van der Waals surface area contributed by atoms with Gasteiger partial charge < -0.3 is 9.30 Å². The molecule has 1 fully saturated rings. The molecule has 23 heavy (non-hydrogen) atoms. The molecule has 0 unspecified atom stereocenters. The Hall–Kier alpha value is -2.14. The summed E-state index contributed by atoms with van der Waals surface area (Å²) in [4.78, 5) is 18.5. The predicted octanol–water partition coefficient (Wildman–Crippen LogP) is 2.17. The average Bonchev–Trinajstić information content (AvgIpc) is 2.58. The van der Waals surface area contributed by atoms with Gasteiger partial charge in [-0.1, -0.05) is 6.07 Å². The molecule has 0 aromatic carbocycles. The summed E-state index contributed by atoms with van der Waals surface area (Å²) in [6.07, 6.45) is 5.78. The summed E-state index contributed by atoms with van der Waals surface area (Å²) >= 11 is 0. The zero-order valence-corrected chi connectivity index (χ0v) is 13.7. The molecular formula is C18H23N3O2. The fourth-order valence-electron chi connectivity index (χ4n) is 3.21. The molecule has 2 aromatic heterocycles. The molecule has 0 spiro atoms. The summed E-state index contributed by atoms with van der Waals surface area (Å²) in [6, 6.07) is 7.87. The second-order valence-electron chi connectivity index (χ2n) is 6.13. The number of hydrogen-bond donors (Lipinski definition) is 0. The molecule has 0 aliphatic carbocycles. The van der Waals surface area contributed by atoms with Gasteiger partial charge in [-0.3, -0.25) is 9.69 Å². The highest BCUT2D eigenvalue weighted by Gasteiger charge is 2.21. The molecule has 0 N–H and O–H groups in total. The maximum Gasteiger partial charge on any atom is 0.250 e. The highest BCUT2D eigenvalue weighted by Crippen LogP contribution is 2.28. The number of rotatable bonds is 4. The molecule has 0 bridgehead atoms. The first-order valence-electron chi connectivity index (χ1n) is 8.04. The Kier molecular flexibility index (Phi) is 4.76. The van der Waals surface area contributed by atoms with Crippen molar-refractivity contribution in [3.63, 3.8) is 0 Å². The molecular weight excluding hydrogens is 290 g/mol. The Balaban J connectivity index is 1.62. The Labute approximate surface area is 136 Å². The lowest BCUT2D eigenvalue weighted by Gasteiger charge is -2.32. The topological polar surface area (TPSA) is 47.4 Å². The minimum absolute atomic E-state index is 0.0741. The Morgan fingerprint density at radius 2 is 2.09 bits per heavy atom. The highest BCUT2D eigenvalue weighted by atomic mass is 16.5. The van der Waals surface area contributed by atoms with Gasteiger partial charge in [-0.2, -0.15) is 0 Å². The van der Waals surface area contributed by atoms with Gasteiger partial charge in [-0.25, -0.2) is 4.98 Å². The SMILES string of the molecule is COc1ncccc1CN1CCC(c2ccn(C)c(=O)c2)CC1. The molecule has 3 rings (SSSR count). The van der Waals surface area contributed by atoms with E-state index in [-0.39, 0.29) is 5.56 Å². The van der Waals surface area contributed by atoms with E-state index in [2.05, 4.69) is 22.0 Å². The molecule has 0 amide bonds. The van der Waals surface area contributed by atoms with Crippen LogP contribution in [0.15, 0.2) is 41.5 Å². The van der Waals surface area contributed by atoms with Crippen molar-refractivity contribution < 1.29 is 4.74 Å². The predicted molar refractivity (Wildman–Crippen MR) is 89.7 cm³/mol. The Bertz CT molecular complexity index is 718. The van der Waals surface area contributed by atoms with Crippen LogP contribution < -0.4 is 10.3 Å². The molecule has 1 saturated heterocycles. The number of aromatic nitrogens is 2. The Morgan fingerprint density at radius 3 is 2.78 bits per heavy atom. The molecule has 2 aromatic rings. The van der Waals surface area contributed by atoms with Crippen LogP contribution in [0, 0.1) is 0 Å². The number of methoxy groups -OCH3 is 1. The van der Waals surface area contributed by atoms with Crippen LogP contribution >= 0.6 is 0 Å². The molecule has 0 saturated carbocycles. The monoisotopic (exact) mass is 313 g/mol. The third-order valence-electron chi connectivity index (χ3n) is 4.62. The van der Waals surface area contributed by atoms with E-state index in [4.69, 9.17) is 4.74 Å². The first kappa shape index (κ1) is 15.7. The summed E-state index contributed by atoms with van der Waals surface area (Å²) in [5.74, 6) is 1.19. The van der Waals surface area contributed by atoms with Crippen molar-refractivity contribution in [2.45, 2.75) is 25.3 Å². The van der Waals surface area contributed by atoms with Gasteiger partial charge in [0.15, 0.2) is 0 Å². The van der Waals surface area contributed by atoms with Gasteiger partial charge >= 0.3 is 0 Å². The van der Waals surface area contributed by atoms with Gasteiger partial charge in [0.2, 0.25) is 5.88 Å². The number of piperidine rings is 1. The molecule has 5 nitrogen and oxygen atoms in total. The van der Waals surface area contributed by atoms with Crippen molar-refractivity contribution in [1.82, 2.24) is 14.5 Å². The zero-order valence-electron chi connectivity index (χ0n) is 13.7. The summed E-state index contributed by atoms with van der Waals surface area (Å²) in [5.41, 5.74) is 2.37. The van der Waals surface area contributed by atoms with Crippen molar-refractivity contribution >= 4 is 0 Å². The molecule has 3 heterocycles. The van der Waals surface area contributed by atoms with Gasteiger partial charge in [-0.05, 0) is 49.5 Å². The van der Waals surface area contributed by atoms with Crippen LogP contribution in [0.5, 0.6) is 5.88 Å². The minimum atomic E-state index is 0.0741. The molecule has 1 aliphatic heterocycles. The smallest absolute Gasteiger partial charge is 0.250 e. The number of pyridine rings is 2. The van der Waals surface area contributed by atoms with Crippen LogP contribution in [0.25, 0.3) is 0 Å². The van der Waals surface area contributed by atoms with E-state index in [1.54, 1.807) is 31.0 Å². The fraction of sp³-hybridized carbons (Fsp3) is 0.444. The van der Waals surface area contributed by atoms with Gasteiger partial charge in [0, 0.05) is 37.6 Å². The third kappa shape index (κ3) is 3.62. The first-order valence-corrected chi connectivity index (χ1v) is 8.04. The van der Waals surface area contributed by atoms with Crippen LogP contribution in [0.1, 0.15) is 29.9 Å². The van der Waals surface area contributed by atoms with Gasteiger partial charge in [-0.15, -0.1) is 0 Å². The van der Waals surface area contributed by atoms with Crippen LogP contribution in [0.2, 0.25) is 0 Å². The van der Waals surface area contributed by atoms with Gasteiger partial charge in [0.1, 0.15) is 0 Å². The first-order chi connectivity index (χ1) is 11.2. The van der Waals surface area contributed by atoms with Crippen molar-refractivity contribution in [2.75, 3.05) is 20.2 Å². The van der Waals surface area contributed by atoms with Crippen LogP contribution in [-0.4, -0.2) is 34.7 Å². The molecule has 0 atom stereocenters. The number of hydrogen-bond acceptors (Lipinski definition) is 4. The van der Waals surface area contributed by atoms with Crippen molar-refractivity contribution in [2.24, 2.45) is 7.05 Å². The van der Waals surface area contributed by atoms with E-state index in [1.807, 2.05) is 12.3 Å². The van der Waals surface area contributed by atoms with E-state index in [1.165, 1.54) is 5.56 Å². The highest BCUT2D eigenvalue weighted by molar-refractivity contribution is 5.25. The Morgan fingerprint density at radius 1 is 1.30 bits per heavy atom. The largest absolute Gasteiger partial charge is 0.481 e. The van der Waals surface area contributed by atoms with Crippen LogP contribution in [0.4, 0.5) is 0 Å². The summed E-state index contributed by atoms with van der Waals surface area (Å²) < 4.78 is 6.95. The van der Waals surface area contributed by atoms with E-state index < -0.39 is 0 Å². The summed E-state index contributed by atoms with van der Waals surface area (Å²) in [6.45, 7) is 2.91. The van der Waals surface area contributed by atoms with E-state index >= 15 is 0 Å². The second-order valence-corrected chi connectivity index (χ2v) is 6.13. The number of likely N-dealkylation sites (tertiary alicyclic amines) is 1. The van der Waals surface area contributed by atoms with Gasteiger partial charge in [0.05, 0.1) is 7.11 Å². The van der Waals surface area contributed by atoms with Crippen molar-refractivity contribution in [3.8, 4) is 5.88 Å². The summed E-state index contributed by atoms with van der Waals surface area (Å²) in [7, 11) is 3.45. The maximum absolute atomic E-state index is 11.8.